The van der Waals surface area contributed by atoms with Crippen molar-refractivity contribution in [3.8, 4) is 0 Å². The highest BCUT2D eigenvalue weighted by atomic mass is 19.4. The van der Waals surface area contributed by atoms with Crippen LogP contribution in [0.15, 0.2) is 42.1 Å². The molecule has 0 N–H and O–H groups in total. The zero-order chi connectivity index (χ0) is 17.2. The molecule has 1 aliphatic rings. The third kappa shape index (κ3) is 3.75. The van der Waals surface area contributed by atoms with Gasteiger partial charge in [-0.3, -0.25) is 4.98 Å². The number of nitrogens with zero attached hydrogens (tertiary/aromatic N) is 3. The van der Waals surface area contributed by atoms with Crippen molar-refractivity contribution in [3.05, 3.63) is 59.1 Å². The highest BCUT2D eigenvalue weighted by molar-refractivity contribution is 5.53. The fraction of sp³-hybridized carbons (Fsp3) is 0.333. The molecule has 1 aliphatic heterocycles. The van der Waals surface area contributed by atoms with E-state index in [2.05, 4.69) is 9.97 Å². The molecule has 126 valence electrons. The smallest absolute Gasteiger partial charge is 0.355 e. The summed E-state index contributed by atoms with van der Waals surface area (Å²) in [4.78, 5) is 10.1. The summed E-state index contributed by atoms with van der Waals surface area (Å²) < 4.78 is 39.4. The predicted octanol–water partition coefficient (Wildman–Crippen LogP) is 4.49. The number of rotatable bonds is 2. The van der Waals surface area contributed by atoms with Crippen molar-refractivity contribution in [2.24, 2.45) is 0 Å². The Morgan fingerprint density at radius 2 is 1.83 bits per heavy atom. The van der Waals surface area contributed by atoms with Crippen LogP contribution in [0, 0.1) is 6.92 Å². The lowest BCUT2D eigenvalue weighted by molar-refractivity contribution is -0.137. The molecule has 0 atom stereocenters. The number of halogens is 3. The van der Waals surface area contributed by atoms with E-state index in [1.807, 2.05) is 31.2 Å². The van der Waals surface area contributed by atoms with Gasteiger partial charge in [0, 0.05) is 25.0 Å². The summed E-state index contributed by atoms with van der Waals surface area (Å²) in [7, 11) is 0. The first-order valence-electron chi connectivity index (χ1n) is 7.84. The first-order valence-corrected chi connectivity index (χ1v) is 7.84. The van der Waals surface area contributed by atoms with Gasteiger partial charge in [-0.1, -0.05) is 11.6 Å². The molecule has 0 bridgehead atoms. The minimum Gasteiger partial charge on any atom is -0.355 e. The Bertz CT molecular complexity index is 743. The number of piperidine rings is 1. The van der Waals surface area contributed by atoms with Crippen molar-refractivity contribution >= 4 is 11.9 Å². The minimum absolute atomic E-state index is 0.0257. The lowest BCUT2D eigenvalue weighted by Gasteiger charge is -2.31. The maximum Gasteiger partial charge on any atom is 0.419 e. The monoisotopic (exact) mass is 333 g/mol. The largest absolute Gasteiger partial charge is 0.419 e. The number of anilines is 1. The number of alkyl halides is 3. The van der Waals surface area contributed by atoms with Crippen molar-refractivity contribution in [3.63, 3.8) is 0 Å². The summed E-state index contributed by atoms with van der Waals surface area (Å²) in [6.45, 7) is 2.99. The second-order valence-electron chi connectivity index (χ2n) is 5.87. The maximum absolute atomic E-state index is 13.1. The molecule has 3 rings (SSSR count). The van der Waals surface area contributed by atoms with Gasteiger partial charge < -0.3 is 4.90 Å². The third-order valence-corrected chi connectivity index (χ3v) is 4.06. The van der Waals surface area contributed by atoms with Crippen LogP contribution in [-0.2, 0) is 6.18 Å². The summed E-state index contributed by atoms with van der Waals surface area (Å²) in [5, 5.41) is 0. The van der Waals surface area contributed by atoms with Gasteiger partial charge in [0.1, 0.15) is 5.82 Å². The van der Waals surface area contributed by atoms with Gasteiger partial charge in [-0.05, 0) is 50.1 Å². The number of hydrogen-bond acceptors (Lipinski definition) is 3. The zero-order valence-electron chi connectivity index (χ0n) is 13.3. The Balaban J connectivity index is 1.74. The van der Waals surface area contributed by atoms with Crippen LogP contribution in [0.5, 0.6) is 0 Å². The van der Waals surface area contributed by atoms with Gasteiger partial charge in [-0.2, -0.15) is 13.2 Å². The number of hydrogen-bond donors (Lipinski definition) is 0. The van der Waals surface area contributed by atoms with Crippen LogP contribution in [0.1, 0.15) is 29.8 Å². The first-order chi connectivity index (χ1) is 11.4. The van der Waals surface area contributed by atoms with E-state index < -0.39 is 11.7 Å². The summed E-state index contributed by atoms with van der Waals surface area (Å²) in [6, 6.07) is 8.24. The molecular weight excluding hydrogens is 315 g/mol. The van der Waals surface area contributed by atoms with Crippen LogP contribution in [0.2, 0.25) is 0 Å². The molecule has 0 saturated carbocycles. The van der Waals surface area contributed by atoms with Crippen LogP contribution in [0.3, 0.4) is 0 Å². The second kappa shape index (κ2) is 6.63. The van der Waals surface area contributed by atoms with Crippen LogP contribution >= 0.6 is 0 Å². The fourth-order valence-corrected chi connectivity index (χ4v) is 2.87. The average molecular weight is 333 g/mol. The highest BCUT2D eigenvalue weighted by Crippen LogP contribution is 2.36. The van der Waals surface area contributed by atoms with Crippen molar-refractivity contribution in [2.75, 3.05) is 18.0 Å². The van der Waals surface area contributed by atoms with Crippen LogP contribution in [-0.4, -0.2) is 23.1 Å². The van der Waals surface area contributed by atoms with E-state index in [0.717, 1.165) is 17.5 Å². The average Bonchev–Trinajstić information content (AvgIpc) is 2.55. The second-order valence-corrected chi connectivity index (χ2v) is 5.87. The molecule has 0 amide bonds. The van der Waals surface area contributed by atoms with E-state index in [0.29, 0.717) is 25.9 Å². The molecule has 0 spiro atoms. The summed E-state index contributed by atoms with van der Waals surface area (Å²) in [5.41, 5.74) is 2.38. The van der Waals surface area contributed by atoms with Crippen molar-refractivity contribution in [1.82, 2.24) is 9.97 Å². The van der Waals surface area contributed by atoms with Crippen LogP contribution < -0.4 is 4.90 Å². The molecule has 1 saturated heterocycles. The predicted molar refractivity (Wildman–Crippen MR) is 87.6 cm³/mol. The van der Waals surface area contributed by atoms with Crippen LogP contribution in [0.25, 0.3) is 6.08 Å². The molecule has 3 nitrogen and oxygen atoms in total. The van der Waals surface area contributed by atoms with Crippen LogP contribution in [0.4, 0.5) is 19.0 Å². The number of pyridine rings is 2. The number of aryl methyl sites for hydroxylation is 1. The summed E-state index contributed by atoms with van der Waals surface area (Å²) in [6.07, 6.45) is 0.484. The van der Waals surface area contributed by atoms with Crippen molar-refractivity contribution in [1.29, 1.82) is 0 Å². The molecule has 0 aromatic carbocycles. The molecular formula is C18H18F3N3. The molecule has 3 heterocycles. The topological polar surface area (TPSA) is 29.0 Å². The Labute approximate surface area is 138 Å². The third-order valence-electron chi connectivity index (χ3n) is 4.06. The van der Waals surface area contributed by atoms with E-state index in [-0.39, 0.29) is 5.82 Å². The molecule has 1 fully saturated rings. The SMILES string of the molecule is Cc1cccc(C=C2CCN(c3ncccc3C(F)(F)F)CC2)n1. The highest BCUT2D eigenvalue weighted by Gasteiger charge is 2.36. The van der Waals surface area contributed by atoms with Gasteiger partial charge in [0.15, 0.2) is 0 Å². The van der Waals surface area contributed by atoms with Gasteiger partial charge in [-0.25, -0.2) is 4.98 Å². The first kappa shape index (κ1) is 16.5. The fourth-order valence-electron chi connectivity index (χ4n) is 2.87. The van der Waals surface area contributed by atoms with E-state index in [9.17, 15) is 13.2 Å². The minimum atomic E-state index is -4.38. The Kier molecular flexibility index (Phi) is 4.55. The lowest BCUT2D eigenvalue weighted by Crippen LogP contribution is -2.33. The normalized spacial score (nSPS) is 15.5. The number of aromatic nitrogens is 2. The van der Waals surface area contributed by atoms with Gasteiger partial charge in [0.25, 0.3) is 0 Å². The van der Waals surface area contributed by atoms with Crippen molar-refractivity contribution < 1.29 is 13.2 Å². The molecule has 0 radical (unpaired) electrons. The molecule has 2 aromatic heterocycles. The molecule has 24 heavy (non-hydrogen) atoms. The lowest BCUT2D eigenvalue weighted by atomic mass is 10.0. The van der Waals surface area contributed by atoms with Gasteiger partial charge >= 0.3 is 6.18 Å². The molecule has 6 heteroatoms. The molecule has 2 aromatic rings. The van der Waals surface area contributed by atoms with E-state index >= 15 is 0 Å². The van der Waals surface area contributed by atoms with Gasteiger partial charge in [0.2, 0.25) is 0 Å². The van der Waals surface area contributed by atoms with Gasteiger partial charge in [-0.15, -0.1) is 0 Å². The Morgan fingerprint density at radius 1 is 1.08 bits per heavy atom. The Hall–Kier alpha value is -2.37. The van der Waals surface area contributed by atoms with E-state index in [1.165, 1.54) is 17.8 Å². The van der Waals surface area contributed by atoms with Crippen molar-refractivity contribution in [2.45, 2.75) is 25.9 Å². The summed E-state index contributed by atoms with van der Waals surface area (Å²) in [5.74, 6) is 0.0257. The van der Waals surface area contributed by atoms with Gasteiger partial charge in [0.05, 0.1) is 11.3 Å². The van der Waals surface area contributed by atoms with E-state index in [1.54, 1.807) is 4.90 Å². The summed E-state index contributed by atoms with van der Waals surface area (Å²) >= 11 is 0. The maximum atomic E-state index is 13.1. The zero-order valence-corrected chi connectivity index (χ0v) is 13.3. The Morgan fingerprint density at radius 3 is 2.50 bits per heavy atom. The standard InChI is InChI=1S/C18H18F3N3/c1-13-4-2-5-15(23-13)12-14-7-10-24(11-8-14)17-16(18(19,20)21)6-3-9-22-17/h2-6,9,12H,7-8,10-11H2,1H3. The van der Waals surface area contributed by atoms with E-state index in [4.69, 9.17) is 0 Å². The molecule has 0 unspecified atom stereocenters. The quantitative estimate of drug-likeness (QED) is 0.811. The molecule has 0 aliphatic carbocycles.